The summed E-state index contributed by atoms with van der Waals surface area (Å²) in [5.74, 6) is 0. The van der Waals surface area contributed by atoms with E-state index < -0.39 is 0 Å². The van der Waals surface area contributed by atoms with E-state index in [1.807, 2.05) is 19.9 Å². The Morgan fingerprint density at radius 2 is 2.08 bits per heavy atom. The third-order valence-corrected chi connectivity index (χ3v) is 2.40. The zero-order valence-electron chi connectivity index (χ0n) is 8.15. The largest absolute Gasteiger partial charge is 0.305 e. The summed E-state index contributed by atoms with van der Waals surface area (Å²) in [4.78, 5) is 4.79. The van der Waals surface area contributed by atoms with E-state index >= 15 is 0 Å². The molecule has 72 valence electrons. The molecule has 0 amide bonds. The molecule has 0 saturated carbocycles. The lowest BCUT2D eigenvalue weighted by atomic mass is 10.1. The summed E-state index contributed by atoms with van der Waals surface area (Å²) in [7, 11) is 1.60. The summed E-state index contributed by atoms with van der Waals surface area (Å²) in [6.45, 7) is 4.72. The van der Waals surface area contributed by atoms with Gasteiger partial charge in [-0.1, -0.05) is 17.7 Å². The highest BCUT2D eigenvalue weighted by Crippen LogP contribution is 2.21. The van der Waals surface area contributed by atoms with Crippen LogP contribution in [0.1, 0.15) is 16.7 Å². The van der Waals surface area contributed by atoms with Crippen molar-refractivity contribution in [2.45, 2.75) is 20.4 Å². The minimum absolute atomic E-state index is 0.684. The molecule has 1 aromatic rings. The van der Waals surface area contributed by atoms with Gasteiger partial charge in [0.2, 0.25) is 0 Å². The van der Waals surface area contributed by atoms with Crippen molar-refractivity contribution in [2.24, 2.45) is 0 Å². The molecule has 0 radical (unpaired) electrons. The van der Waals surface area contributed by atoms with E-state index in [0.717, 1.165) is 10.6 Å². The van der Waals surface area contributed by atoms with E-state index in [2.05, 4.69) is 11.5 Å². The Labute approximate surface area is 83.8 Å². The number of benzene rings is 1. The molecule has 0 saturated heterocycles. The van der Waals surface area contributed by atoms with Crippen molar-refractivity contribution in [3.63, 3.8) is 0 Å². The molecule has 0 aromatic heterocycles. The van der Waals surface area contributed by atoms with Gasteiger partial charge in [0.15, 0.2) is 0 Å². The molecule has 0 fully saturated rings. The molecule has 1 aromatic carbocycles. The number of aryl methyl sites for hydroxylation is 1. The molecular formula is C10H14ClNO. The van der Waals surface area contributed by atoms with Crippen molar-refractivity contribution in [1.29, 1.82) is 0 Å². The van der Waals surface area contributed by atoms with E-state index in [1.165, 1.54) is 11.1 Å². The Bertz CT molecular complexity index is 299. The van der Waals surface area contributed by atoms with E-state index in [-0.39, 0.29) is 0 Å². The van der Waals surface area contributed by atoms with Gasteiger partial charge in [-0.2, -0.15) is 5.48 Å². The molecule has 0 aliphatic rings. The monoisotopic (exact) mass is 199 g/mol. The highest BCUT2D eigenvalue weighted by molar-refractivity contribution is 6.31. The summed E-state index contributed by atoms with van der Waals surface area (Å²) < 4.78 is 0. The van der Waals surface area contributed by atoms with Gasteiger partial charge in [-0.25, -0.2) is 0 Å². The average Bonchev–Trinajstić information content (AvgIpc) is 2.09. The minimum atomic E-state index is 0.684. The fraction of sp³-hybridized carbons (Fsp3) is 0.400. The number of hydrogen-bond acceptors (Lipinski definition) is 2. The van der Waals surface area contributed by atoms with Crippen LogP contribution in [-0.2, 0) is 11.4 Å². The Hall–Kier alpha value is -0.570. The molecule has 0 heterocycles. The van der Waals surface area contributed by atoms with Gasteiger partial charge in [0, 0.05) is 11.6 Å². The predicted molar refractivity (Wildman–Crippen MR) is 54.8 cm³/mol. The first-order chi connectivity index (χ1) is 6.15. The molecule has 0 atom stereocenters. The SMILES string of the molecule is CONCc1cc(C)cc(Cl)c1C. The smallest absolute Gasteiger partial charge is 0.0572 e. The lowest BCUT2D eigenvalue weighted by Gasteiger charge is -2.09. The number of nitrogens with one attached hydrogen (secondary N) is 1. The van der Waals surface area contributed by atoms with Crippen molar-refractivity contribution in [1.82, 2.24) is 5.48 Å². The number of hydrogen-bond donors (Lipinski definition) is 1. The Morgan fingerprint density at radius 1 is 1.38 bits per heavy atom. The van der Waals surface area contributed by atoms with Crippen molar-refractivity contribution in [2.75, 3.05) is 7.11 Å². The van der Waals surface area contributed by atoms with Crippen LogP contribution in [0.3, 0.4) is 0 Å². The molecular weight excluding hydrogens is 186 g/mol. The van der Waals surface area contributed by atoms with Gasteiger partial charge in [-0.05, 0) is 36.6 Å². The molecule has 2 nitrogen and oxygen atoms in total. The highest BCUT2D eigenvalue weighted by atomic mass is 35.5. The molecule has 0 unspecified atom stereocenters. The summed E-state index contributed by atoms with van der Waals surface area (Å²) in [6.07, 6.45) is 0. The summed E-state index contributed by atoms with van der Waals surface area (Å²) in [6, 6.07) is 4.07. The first-order valence-electron chi connectivity index (χ1n) is 4.16. The molecule has 0 spiro atoms. The molecule has 0 aliphatic carbocycles. The van der Waals surface area contributed by atoms with Crippen LogP contribution in [0.25, 0.3) is 0 Å². The van der Waals surface area contributed by atoms with Crippen LogP contribution in [0, 0.1) is 13.8 Å². The molecule has 13 heavy (non-hydrogen) atoms. The number of rotatable bonds is 3. The van der Waals surface area contributed by atoms with Crippen LogP contribution in [0.5, 0.6) is 0 Å². The van der Waals surface area contributed by atoms with E-state index in [0.29, 0.717) is 6.54 Å². The van der Waals surface area contributed by atoms with Crippen LogP contribution in [0.4, 0.5) is 0 Å². The third-order valence-electron chi connectivity index (χ3n) is 2.00. The van der Waals surface area contributed by atoms with Crippen LogP contribution in [0.15, 0.2) is 12.1 Å². The first-order valence-corrected chi connectivity index (χ1v) is 4.54. The first kappa shape index (κ1) is 10.5. The second-order valence-electron chi connectivity index (χ2n) is 3.06. The molecule has 0 bridgehead atoms. The van der Waals surface area contributed by atoms with E-state index in [9.17, 15) is 0 Å². The summed E-state index contributed by atoms with van der Waals surface area (Å²) >= 11 is 6.03. The quantitative estimate of drug-likeness (QED) is 0.756. The van der Waals surface area contributed by atoms with Crippen molar-refractivity contribution < 1.29 is 4.84 Å². The Morgan fingerprint density at radius 3 is 2.69 bits per heavy atom. The minimum Gasteiger partial charge on any atom is -0.305 e. The Kier molecular flexibility index (Phi) is 3.72. The Balaban J connectivity index is 2.92. The fourth-order valence-electron chi connectivity index (χ4n) is 1.22. The fourth-order valence-corrected chi connectivity index (χ4v) is 1.51. The maximum Gasteiger partial charge on any atom is 0.0572 e. The lowest BCUT2D eigenvalue weighted by Crippen LogP contribution is -2.12. The van der Waals surface area contributed by atoms with Crippen LogP contribution < -0.4 is 5.48 Å². The predicted octanol–water partition coefficient (Wildman–Crippen LogP) is 2.61. The van der Waals surface area contributed by atoms with Gasteiger partial charge in [0.25, 0.3) is 0 Å². The van der Waals surface area contributed by atoms with Gasteiger partial charge >= 0.3 is 0 Å². The van der Waals surface area contributed by atoms with Crippen molar-refractivity contribution >= 4 is 11.6 Å². The molecule has 0 aliphatic heterocycles. The van der Waals surface area contributed by atoms with Crippen LogP contribution >= 0.6 is 11.6 Å². The van der Waals surface area contributed by atoms with Crippen molar-refractivity contribution in [3.05, 3.63) is 33.8 Å². The van der Waals surface area contributed by atoms with E-state index in [1.54, 1.807) is 7.11 Å². The van der Waals surface area contributed by atoms with E-state index in [4.69, 9.17) is 16.4 Å². The number of hydroxylamine groups is 1. The normalized spacial score (nSPS) is 10.5. The average molecular weight is 200 g/mol. The van der Waals surface area contributed by atoms with Gasteiger partial charge in [-0.15, -0.1) is 0 Å². The third kappa shape index (κ3) is 2.69. The zero-order valence-corrected chi connectivity index (χ0v) is 8.90. The van der Waals surface area contributed by atoms with Gasteiger partial charge in [0.1, 0.15) is 0 Å². The zero-order chi connectivity index (χ0) is 9.84. The van der Waals surface area contributed by atoms with Gasteiger partial charge < -0.3 is 4.84 Å². The molecule has 3 heteroatoms. The van der Waals surface area contributed by atoms with Gasteiger partial charge in [-0.3, -0.25) is 0 Å². The summed E-state index contributed by atoms with van der Waals surface area (Å²) in [5.41, 5.74) is 6.25. The van der Waals surface area contributed by atoms with Crippen LogP contribution in [0.2, 0.25) is 5.02 Å². The van der Waals surface area contributed by atoms with Crippen molar-refractivity contribution in [3.8, 4) is 0 Å². The lowest BCUT2D eigenvalue weighted by molar-refractivity contribution is 0.0866. The second-order valence-corrected chi connectivity index (χ2v) is 3.46. The van der Waals surface area contributed by atoms with Gasteiger partial charge in [0.05, 0.1) is 7.11 Å². The summed E-state index contributed by atoms with van der Waals surface area (Å²) in [5, 5.41) is 0.813. The molecule has 1 N–H and O–H groups in total. The number of halogens is 1. The maximum absolute atomic E-state index is 6.03. The van der Waals surface area contributed by atoms with Crippen LogP contribution in [-0.4, -0.2) is 7.11 Å². The molecule has 1 rings (SSSR count). The topological polar surface area (TPSA) is 21.3 Å². The standard InChI is InChI=1S/C10H14ClNO/c1-7-4-9(6-12-13-3)8(2)10(11)5-7/h4-5,12H,6H2,1-3H3. The maximum atomic E-state index is 6.03. The highest BCUT2D eigenvalue weighted by Gasteiger charge is 2.03. The second kappa shape index (κ2) is 4.61.